The van der Waals surface area contributed by atoms with Gasteiger partial charge in [-0.25, -0.2) is 0 Å². The van der Waals surface area contributed by atoms with Crippen LogP contribution < -0.4 is 10.6 Å². The molecule has 0 atom stereocenters. The molecule has 0 aromatic heterocycles. The molecule has 16 heavy (non-hydrogen) atoms. The van der Waals surface area contributed by atoms with Gasteiger partial charge >= 0.3 is 0 Å². The van der Waals surface area contributed by atoms with Crippen LogP contribution in [0.5, 0.6) is 0 Å². The first-order valence-electron chi connectivity index (χ1n) is 5.33. The van der Waals surface area contributed by atoms with E-state index in [1.54, 1.807) is 31.3 Å². The number of benzene rings is 1. The summed E-state index contributed by atoms with van der Waals surface area (Å²) in [7, 11) is 1.58. The zero-order valence-corrected chi connectivity index (χ0v) is 9.12. The molecule has 0 unspecified atom stereocenters. The molecule has 2 N–H and O–H groups in total. The largest absolute Gasteiger partial charge is 0.355 e. The van der Waals surface area contributed by atoms with Crippen LogP contribution in [0, 0.1) is 0 Å². The fourth-order valence-electron chi connectivity index (χ4n) is 1.41. The van der Waals surface area contributed by atoms with Crippen molar-refractivity contribution in [3.63, 3.8) is 0 Å². The molecule has 2 amide bonds. The third-order valence-electron chi connectivity index (χ3n) is 2.55. The lowest BCUT2D eigenvalue weighted by atomic mass is 10.1. The maximum absolute atomic E-state index is 11.6. The molecule has 0 heterocycles. The van der Waals surface area contributed by atoms with Crippen molar-refractivity contribution < 1.29 is 9.59 Å². The number of nitrogens with one attached hydrogen (secondary N) is 2. The standard InChI is InChI=1S/C12H14N2O2/c1-13-11(15)8-2-4-9(5-3-8)12(16)14-10-6-7-10/h2-5,10H,6-7H2,1H3,(H,13,15)(H,14,16). The van der Waals surface area contributed by atoms with E-state index in [0.717, 1.165) is 12.8 Å². The molecule has 2 rings (SSSR count). The molecule has 1 aromatic rings. The van der Waals surface area contributed by atoms with E-state index < -0.39 is 0 Å². The van der Waals surface area contributed by atoms with E-state index in [0.29, 0.717) is 17.2 Å². The maximum atomic E-state index is 11.6. The van der Waals surface area contributed by atoms with Crippen LogP contribution in [0.3, 0.4) is 0 Å². The fourth-order valence-corrected chi connectivity index (χ4v) is 1.41. The second-order valence-corrected chi connectivity index (χ2v) is 3.90. The molecular weight excluding hydrogens is 204 g/mol. The van der Waals surface area contributed by atoms with Gasteiger partial charge in [0.2, 0.25) is 0 Å². The van der Waals surface area contributed by atoms with E-state index in [4.69, 9.17) is 0 Å². The highest BCUT2D eigenvalue weighted by Gasteiger charge is 2.23. The highest BCUT2D eigenvalue weighted by atomic mass is 16.2. The number of amides is 2. The number of hydrogen-bond acceptors (Lipinski definition) is 2. The minimum absolute atomic E-state index is 0.0639. The SMILES string of the molecule is CNC(=O)c1ccc(C(=O)NC2CC2)cc1. The lowest BCUT2D eigenvalue weighted by Crippen LogP contribution is -2.25. The Morgan fingerprint density at radius 3 is 2.00 bits per heavy atom. The summed E-state index contributed by atoms with van der Waals surface area (Å²) >= 11 is 0. The third-order valence-corrected chi connectivity index (χ3v) is 2.55. The average Bonchev–Trinajstić information content (AvgIpc) is 3.12. The van der Waals surface area contributed by atoms with Gasteiger partial charge < -0.3 is 10.6 Å². The highest BCUT2D eigenvalue weighted by Crippen LogP contribution is 2.19. The lowest BCUT2D eigenvalue weighted by molar-refractivity contribution is 0.0943. The molecule has 0 radical (unpaired) electrons. The van der Waals surface area contributed by atoms with Crippen LogP contribution >= 0.6 is 0 Å². The molecule has 0 saturated heterocycles. The summed E-state index contributed by atoms with van der Waals surface area (Å²) in [5.74, 6) is -0.208. The topological polar surface area (TPSA) is 58.2 Å². The molecule has 1 aliphatic rings. The van der Waals surface area contributed by atoms with E-state index in [-0.39, 0.29) is 11.8 Å². The van der Waals surface area contributed by atoms with Crippen LogP contribution in [0.2, 0.25) is 0 Å². The molecule has 0 aliphatic heterocycles. The van der Waals surface area contributed by atoms with Crippen LogP contribution in [-0.4, -0.2) is 24.9 Å². The molecule has 4 heteroatoms. The van der Waals surface area contributed by atoms with Gasteiger partial charge in [0, 0.05) is 24.2 Å². The summed E-state index contributed by atoms with van der Waals surface area (Å²) in [6.45, 7) is 0. The van der Waals surface area contributed by atoms with Gasteiger partial charge in [0.1, 0.15) is 0 Å². The molecule has 1 saturated carbocycles. The van der Waals surface area contributed by atoms with E-state index in [1.165, 1.54) is 0 Å². The minimum Gasteiger partial charge on any atom is -0.355 e. The van der Waals surface area contributed by atoms with E-state index in [9.17, 15) is 9.59 Å². The Hall–Kier alpha value is -1.84. The van der Waals surface area contributed by atoms with Crippen molar-refractivity contribution >= 4 is 11.8 Å². The Morgan fingerprint density at radius 1 is 1.06 bits per heavy atom. The van der Waals surface area contributed by atoms with E-state index in [2.05, 4.69) is 10.6 Å². The highest BCUT2D eigenvalue weighted by molar-refractivity contribution is 5.97. The second kappa shape index (κ2) is 4.35. The molecule has 4 nitrogen and oxygen atoms in total. The molecule has 1 aromatic carbocycles. The van der Waals surface area contributed by atoms with Gasteiger partial charge in [0.25, 0.3) is 11.8 Å². The molecule has 1 fully saturated rings. The quantitative estimate of drug-likeness (QED) is 0.793. The Morgan fingerprint density at radius 2 is 1.56 bits per heavy atom. The zero-order chi connectivity index (χ0) is 11.5. The minimum atomic E-state index is -0.144. The van der Waals surface area contributed by atoms with Crippen molar-refractivity contribution in [3.05, 3.63) is 35.4 Å². The first kappa shape index (κ1) is 10.7. The van der Waals surface area contributed by atoms with Gasteiger partial charge in [-0.05, 0) is 37.1 Å². The molecule has 84 valence electrons. The predicted octanol–water partition coefficient (Wildman–Crippen LogP) is 0.938. The van der Waals surface area contributed by atoms with Crippen LogP contribution in [-0.2, 0) is 0 Å². The van der Waals surface area contributed by atoms with Crippen molar-refractivity contribution in [2.45, 2.75) is 18.9 Å². The third kappa shape index (κ3) is 2.39. The Balaban J connectivity index is 2.05. The van der Waals surface area contributed by atoms with Crippen molar-refractivity contribution in [2.24, 2.45) is 0 Å². The predicted molar refractivity (Wildman–Crippen MR) is 60.3 cm³/mol. The number of hydrogen-bond donors (Lipinski definition) is 2. The van der Waals surface area contributed by atoms with Gasteiger partial charge in [-0.1, -0.05) is 0 Å². The summed E-state index contributed by atoms with van der Waals surface area (Å²) in [4.78, 5) is 22.9. The van der Waals surface area contributed by atoms with Crippen molar-refractivity contribution in [1.29, 1.82) is 0 Å². The molecular formula is C12H14N2O2. The van der Waals surface area contributed by atoms with Crippen molar-refractivity contribution in [2.75, 3.05) is 7.05 Å². The monoisotopic (exact) mass is 218 g/mol. The first-order chi connectivity index (χ1) is 7.70. The van der Waals surface area contributed by atoms with Crippen LogP contribution in [0.25, 0.3) is 0 Å². The van der Waals surface area contributed by atoms with Gasteiger partial charge in [0.15, 0.2) is 0 Å². The lowest BCUT2D eigenvalue weighted by Gasteiger charge is -2.04. The molecule has 0 bridgehead atoms. The van der Waals surface area contributed by atoms with E-state index >= 15 is 0 Å². The maximum Gasteiger partial charge on any atom is 0.251 e. The van der Waals surface area contributed by atoms with Gasteiger partial charge in [-0.3, -0.25) is 9.59 Å². The molecule has 1 aliphatic carbocycles. The fraction of sp³-hybridized carbons (Fsp3) is 0.333. The number of carbonyl (C=O) groups is 2. The number of carbonyl (C=O) groups excluding carboxylic acids is 2. The summed E-state index contributed by atoms with van der Waals surface area (Å²) in [5.41, 5.74) is 1.16. The first-order valence-corrected chi connectivity index (χ1v) is 5.33. The Bertz CT molecular complexity index is 408. The second-order valence-electron chi connectivity index (χ2n) is 3.90. The average molecular weight is 218 g/mol. The van der Waals surface area contributed by atoms with Gasteiger partial charge in [0.05, 0.1) is 0 Å². The van der Waals surface area contributed by atoms with Crippen LogP contribution in [0.4, 0.5) is 0 Å². The summed E-state index contributed by atoms with van der Waals surface area (Å²) in [6, 6.07) is 7.00. The van der Waals surface area contributed by atoms with Crippen molar-refractivity contribution in [1.82, 2.24) is 10.6 Å². The normalized spacial score (nSPS) is 14.3. The Kier molecular flexibility index (Phi) is 2.90. The smallest absolute Gasteiger partial charge is 0.251 e. The van der Waals surface area contributed by atoms with Crippen LogP contribution in [0.15, 0.2) is 24.3 Å². The number of rotatable bonds is 3. The Labute approximate surface area is 94.0 Å². The van der Waals surface area contributed by atoms with Gasteiger partial charge in [-0.2, -0.15) is 0 Å². The molecule has 0 spiro atoms. The summed E-state index contributed by atoms with van der Waals surface area (Å²) in [6.07, 6.45) is 2.14. The summed E-state index contributed by atoms with van der Waals surface area (Å²) < 4.78 is 0. The summed E-state index contributed by atoms with van der Waals surface area (Å²) in [5, 5.41) is 5.43. The van der Waals surface area contributed by atoms with E-state index in [1.807, 2.05) is 0 Å². The zero-order valence-electron chi connectivity index (χ0n) is 9.12. The van der Waals surface area contributed by atoms with Crippen LogP contribution in [0.1, 0.15) is 33.6 Å². The van der Waals surface area contributed by atoms with Crippen molar-refractivity contribution in [3.8, 4) is 0 Å². The van der Waals surface area contributed by atoms with Gasteiger partial charge in [-0.15, -0.1) is 0 Å².